The second kappa shape index (κ2) is 5.90. The molecule has 0 aliphatic heterocycles. The molecule has 1 rings (SSSR count). The van der Waals surface area contributed by atoms with Crippen LogP contribution in [0.4, 0.5) is 0 Å². The third-order valence-corrected chi connectivity index (χ3v) is 2.76. The van der Waals surface area contributed by atoms with E-state index in [9.17, 15) is 0 Å². The van der Waals surface area contributed by atoms with E-state index < -0.39 is 0 Å². The molecule has 0 radical (unpaired) electrons. The van der Waals surface area contributed by atoms with Crippen LogP contribution in [0.2, 0.25) is 0 Å². The summed E-state index contributed by atoms with van der Waals surface area (Å²) >= 11 is 4.09. The summed E-state index contributed by atoms with van der Waals surface area (Å²) in [5.74, 6) is 1.17. The van der Waals surface area contributed by atoms with E-state index in [0.717, 1.165) is 0 Å². The summed E-state index contributed by atoms with van der Waals surface area (Å²) in [4.78, 5) is 4.81. The second-order valence-electron chi connectivity index (χ2n) is 6.83. The summed E-state index contributed by atoms with van der Waals surface area (Å²) in [6, 6.07) is 0. The van der Waals surface area contributed by atoms with Gasteiger partial charge in [-0.25, -0.2) is 4.98 Å². The third-order valence-electron chi connectivity index (χ3n) is 2.76. The van der Waals surface area contributed by atoms with Gasteiger partial charge in [-0.3, -0.25) is 0 Å². The van der Waals surface area contributed by atoms with E-state index in [1.54, 1.807) is 0 Å². The minimum atomic E-state index is 0.000000000000000222. The van der Waals surface area contributed by atoms with Gasteiger partial charge in [-0.05, 0) is 19.1 Å². The molecule has 0 aliphatic carbocycles. The van der Waals surface area contributed by atoms with Crippen LogP contribution in [0.25, 0.3) is 0 Å². The van der Waals surface area contributed by atoms with Crippen molar-refractivity contribution in [2.24, 2.45) is 18.5 Å². The van der Waals surface area contributed by atoms with Crippen LogP contribution in [-0.4, -0.2) is 14.7 Å². The molecule has 19 heavy (non-hydrogen) atoms. The van der Waals surface area contributed by atoms with E-state index in [1.807, 2.05) is 0 Å². The van der Waals surface area contributed by atoms with Crippen molar-refractivity contribution >= 4 is 17.3 Å². The van der Waals surface area contributed by atoms with Gasteiger partial charge in [0, 0.05) is 23.6 Å². The predicted molar refractivity (Wildman–Crippen MR) is 86.3 cm³/mol. The molecule has 0 amide bonds. The van der Waals surface area contributed by atoms with Crippen LogP contribution in [0.1, 0.15) is 58.8 Å². The van der Waals surface area contributed by atoms with Crippen molar-refractivity contribution < 1.29 is 0 Å². The summed E-state index contributed by atoms with van der Waals surface area (Å²) in [6.45, 7) is 15.4. The van der Waals surface area contributed by atoms with Gasteiger partial charge in [0.05, 0.1) is 5.69 Å². The Labute approximate surface area is 122 Å². The molecular weight excluding hydrogens is 256 g/mol. The highest BCUT2D eigenvalue weighted by atomic mass is 32.1. The molecule has 1 heterocycles. The van der Waals surface area contributed by atoms with Gasteiger partial charge >= 0.3 is 0 Å². The number of thiocarbonyl (C=S) groups is 1. The van der Waals surface area contributed by atoms with Crippen molar-refractivity contribution in [1.82, 2.24) is 9.55 Å². The number of nitrogens with zero attached hydrogens (tertiary/aromatic N) is 2. The van der Waals surface area contributed by atoms with Crippen LogP contribution in [0, 0.1) is 6.92 Å². The van der Waals surface area contributed by atoms with Gasteiger partial charge in [-0.15, -0.1) is 0 Å². The topological polar surface area (TPSA) is 69.9 Å². The Morgan fingerprint density at radius 2 is 1.42 bits per heavy atom. The lowest BCUT2D eigenvalue weighted by molar-refractivity contribution is 0.515. The third kappa shape index (κ3) is 5.19. The van der Waals surface area contributed by atoms with Crippen LogP contribution >= 0.6 is 12.2 Å². The van der Waals surface area contributed by atoms with E-state index >= 15 is 0 Å². The normalized spacial score (nSPS) is 11.8. The van der Waals surface area contributed by atoms with E-state index in [1.165, 1.54) is 17.2 Å². The van der Waals surface area contributed by atoms with Crippen molar-refractivity contribution in [3.05, 3.63) is 17.2 Å². The number of hydrogen-bond acceptors (Lipinski definition) is 2. The number of aromatic nitrogens is 2. The van der Waals surface area contributed by atoms with Crippen molar-refractivity contribution in [2.75, 3.05) is 0 Å². The summed E-state index contributed by atoms with van der Waals surface area (Å²) in [5, 5.41) is 0.000000000000000222. The van der Waals surface area contributed by atoms with Crippen molar-refractivity contribution in [3.8, 4) is 0 Å². The molecule has 0 saturated carbocycles. The number of hydrogen-bond donors (Lipinski definition) is 2. The summed E-state index contributed by atoms with van der Waals surface area (Å²) < 4.78 is 2.22. The lowest BCUT2D eigenvalue weighted by Crippen LogP contribution is -2.18. The molecule has 1 aromatic rings. The minimum absolute atomic E-state index is 0.000000000000000222. The zero-order valence-corrected chi connectivity index (χ0v) is 14.3. The van der Waals surface area contributed by atoms with E-state index in [2.05, 4.69) is 83.8 Å². The highest BCUT2D eigenvalue weighted by Crippen LogP contribution is 2.29. The number of imidazole rings is 1. The van der Waals surface area contributed by atoms with Crippen LogP contribution < -0.4 is 11.5 Å². The SMILES string of the molecule is Cc1c(C(C)(C)C)nc(C(C)(C)C)n1C.NC(N)=S. The standard InChI is InChI=1S/C13H24N2.CH4N2S/c1-9-10(12(2,3)4)14-11(15(9)8)13(5,6)7;2-1(3)4/h1-8H3;(H4,2,3,4). The Balaban J connectivity index is 0.000000711. The van der Waals surface area contributed by atoms with Gasteiger partial charge in [0.15, 0.2) is 5.11 Å². The molecule has 0 spiro atoms. The first-order chi connectivity index (χ1) is 8.28. The van der Waals surface area contributed by atoms with Crippen LogP contribution in [0.15, 0.2) is 0 Å². The highest BCUT2D eigenvalue weighted by molar-refractivity contribution is 7.80. The number of rotatable bonds is 0. The van der Waals surface area contributed by atoms with Gasteiger partial charge < -0.3 is 16.0 Å². The molecule has 4 N–H and O–H groups in total. The fourth-order valence-corrected chi connectivity index (χ4v) is 1.96. The lowest BCUT2D eigenvalue weighted by Gasteiger charge is -2.18. The Morgan fingerprint density at radius 1 is 1.05 bits per heavy atom. The monoisotopic (exact) mass is 284 g/mol. The quantitative estimate of drug-likeness (QED) is 0.718. The van der Waals surface area contributed by atoms with Gasteiger partial charge in [0.2, 0.25) is 0 Å². The molecule has 110 valence electrons. The van der Waals surface area contributed by atoms with Crippen molar-refractivity contribution in [1.29, 1.82) is 0 Å². The molecule has 0 fully saturated rings. The summed E-state index contributed by atoms with van der Waals surface area (Å²) in [6.07, 6.45) is 0. The Bertz CT molecular complexity index is 409. The fraction of sp³-hybridized carbons (Fsp3) is 0.714. The first-order valence-corrected chi connectivity index (χ1v) is 6.78. The molecular formula is C14H28N4S. The van der Waals surface area contributed by atoms with E-state index in [-0.39, 0.29) is 15.9 Å². The van der Waals surface area contributed by atoms with Gasteiger partial charge in [-0.2, -0.15) is 0 Å². The van der Waals surface area contributed by atoms with Gasteiger partial charge in [0.25, 0.3) is 0 Å². The predicted octanol–water partition coefficient (Wildman–Crippen LogP) is 2.51. The maximum atomic E-state index is 4.81. The van der Waals surface area contributed by atoms with Crippen molar-refractivity contribution in [3.63, 3.8) is 0 Å². The average Bonchev–Trinajstić information content (AvgIpc) is 2.40. The average molecular weight is 284 g/mol. The Kier molecular flexibility index (Phi) is 5.56. The highest BCUT2D eigenvalue weighted by Gasteiger charge is 2.27. The van der Waals surface area contributed by atoms with Crippen LogP contribution in [0.3, 0.4) is 0 Å². The molecule has 0 bridgehead atoms. The maximum Gasteiger partial charge on any atom is 0.160 e. The molecule has 5 heteroatoms. The Hall–Kier alpha value is -1.10. The van der Waals surface area contributed by atoms with Crippen LogP contribution in [0.5, 0.6) is 0 Å². The zero-order valence-electron chi connectivity index (χ0n) is 13.5. The molecule has 1 aromatic heterocycles. The van der Waals surface area contributed by atoms with E-state index in [4.69, 9.17) is 4.98 Å². The zero-order chi connectivity index (χ0) is 15.6. The first-order valence-electron chi connectivity index (χ1n) is 6.37. The van der Waals surface area contributed by atoms with E-state index in [0.29, 0.717) is 0 Å². The molecule has 4 nitrogen and oxygen atoms in total. The number of nitrogens with two attached hydrogens (primary N) is 2. The van der Waals surface area contributed by atoms with Crippen molar-refractivity contribution in [2.45, 2.75) is 59.3 Å². The largest absolute Gasteiger partial charge is 0.377 e. The molecule has 0 atom stereocenters. The van der Waals surface area contributed by atoms with Crippen LogP contribution in [-0.2, 0) is 17.9 Å². The second-order valence-corrected chi connectivity index (χ2v) is 7.30. The molecule has 0 aromatic carbocycles. The van der Waals surface area contributed by atoms with Gasteiger partial charge in [-0.1, -0.05) is 41.5 Å². The molecule has 0 unspecified atom stereocenters. The Morgan fingerprint density at radius 3 is 1.58 bits per heavy atom. The fourth-order valence-electron chi connectivity index (χ4n) is 1.96. The summed E-state index contributed by atoms with van der Waals surface area (Å²) in [7, 11) is 2.11. The summed E-state index contributed by atoms with van der Waals surface area (Å²) in [5.41, 5.74) is 12.0. The van der Waals surface area contributed by atoms with Gasteiger partial charge in [0.1, 0.15) is 5.82 Å². The maximum absolute atomic E-state index is 4.81. The lowest BCUT2D eigenvalue weighted by atomic mass is 9.91. The smallest absolute Gasteiger partial charge is 0.160 e. The first kappa shape index (κ1) is 17.9. The molecule has 0 saturated heterocycles. The minimum Gasteiger partial charge on any atom is -0.377 e. The molecule has 0 aliphatic rings.